The minimum Gasteiger partial charge on any atom is -0.457 e. The Hall–Kier alpha value is -3.28. The molecule has 1 aromatic rings. The average molecular weight is 781 g/mol. The Morgan fingerprint density at radius 1 is 0.709 bits per heavy atom. The number of alkyl halides is 3. The number of carbonyl (C=O) groups excluding carboxylic acids is 2. The van der Waals surface area contributed by atoms with Crippen molar-refractivity contribution in [1.29, 1.82) is 0 Å². The summed E-state index contributed by atoms with van der Waals surface area (Å²) in [5, 5.41) is 0. The van der Waals surface area contributed by atoms with Gasteiger partial charge in [0.05, 0.1) is 11.1 Å². The second kappa shape index (κ2) is 12.9. The maximum atomic E-state index is 15.7. The van der Waals surface area contributed by atoms with Crippen LogP contribution in [0.3, 0.4) is 0 Å². The number of fused-ring (bicyclic) bond motifs is 4. The molecule has 0 N–H and O–H groups in total. The summed E-state index contributed by atoms with van der Waals surface area (Å²) < 4.78 is 94.4. The van der Waals surface area contributed by atoms with Crippen molar-refractivity contribution in [2.75, 3.05) is 13.2 Å². The Bertz CT molecular complexity index is 1830. The first-order valence-electron chi connectivity index (χ1n) is 19.1. The molecule has 2 aliphatic carbocycles. The van der Waals surface area contributed by atoms with Crippen LogP contribution in [0.25, 0.3) is 0 Å². The lowest BCUT2D eigenvalue weighted by molar-refractivity contribution is -0.557. The third-order valence-electron chi connectivity index (χ3n) is 13.6. The van der Waals surface area contributed by atoms with E-state index in [9.17, 15) is 22.8 Å². The summed E-state index contributed by atoms with van der Waals surface area (Å²) in [5.74, 6) is -7.32. The molecule has 0 amide bonds. The second-order valence-corrected chi connectivity index (χ2v) is 16.8. The van der Waals surface area contributed by atoms with Crippen LogP contribution in [0.15, 0.2) is 47.2 Å². The van der Waals surface area contributed by atoms with E-state index in [-0.39, 0.29) is 52.4 Å². The zero-order chi connectivity index (χ0) is 38.7. The van der Waals surface area contributed by atoms with Crippen molar-refractivity contribution in [2.24, 2.45) is 35.5 Å². The van der Waals surface area contributed by atoms with Crippen LogP contribution in [-0.4, -0.2) is 66.7 Å². The van der Waals surface area contributed by atoms with Crippen molar-refractivity contribution in [3.05, 3.63) is 58.3 Å². The maximum absolute atomic E-state index is 15.7. The summed E-state index contributed by atoms with van der Waals surface area (Å²) in [5.41, 5.74) is -3.27. The highest BCUT2D eigenvalue weighted by Gasteiger charge is 2.71. The van der Waals surface area contributed by atoms with Gasteiger partial charge >= 0.3 is 18.1 Å². The van der Waals surface area contributed by atoms with Gasteiger partial charge in [0.2, 0.25) is 29.9 Å². The van der Waals surface area contributed by atoms with Gasteiger partial charge in [-0.2, -0.15) is 17.6 Å². The van der Waals surface area contributed by atoms with Crippen LogP contribution in [0.5, 0.6) is 0 Å². The van der Waals surface area contributed by atoms with E-state index in [1.807, 2.05) is 6.92 Å². The van der Waals surface area contributed by atoms with Gasteiger partial charge < -0.3 is 28.4 Å². The van der Waals surface area contributed by atoms with E-state index in [1.165, 1.54) is 24.3 Å². The van der Waals surface area contributed by atoms with Crippen LogP contribution in [0, 0.1) is 35.5 Å². The lowest BCUT2D eigenvalue weighted by atomic mass is 9.59. The first kappa shape index (κ1) is 37.3. The number of hydrogen-bond acceptors (Lipinski definition) is 12. The molecule has 6 saturated heterocycles. The summed E-state index contributed by atoms with van der Waals surface area (Å²) in [6, 6.07) is 4.65. The summed E-state index contributed by atoms with van der Waals surface area (Å²) >= 11 is 0. The number of esters is 2. The number of benzene rings is 1. The average Bonchev–Trinajstić information content (AvgIpc) is 3.52. The molecule has 16 heteroatoms. The van der Waals surface area contributed by atoms with Gasteiger partial charge in [-0.05, 0) is 76.3 Å². The molecule has 0 aromatic heterocycles. The molecule has 55 heavy (non-hydrogen) atoms. The van der Waals surface area contributed by atoms with Crippen molar-refractivity contribution in [3.63, 3.8) is 0 Å². The Morgan fingerprint density at radius 2 is 1.18 bits per heavy atom. The predicted molar refractivity (Wildman–Crippen MR) is 176 cm³/mol. The summed E-state index contributed by atoms with van der Waals surface area (Å²) in [4.78, 5) is 50.8. The second-order valence-electron chi connectivity index (χ2n) is 16.8. The monoisotopic (exact) mass is 780 g/mol. The summed E-state index contributed by atoms with van der Waals surface area (Å²) in [7, 11) is 0. The molecule has 8 aliphatic heterocycles. The van der Waals surface area contributed by atoms with Crippen molar-refractivity contribution >= 4 is 11.9 Å². The van der Waals surface area contributed by atoms with Crippen molar-refractivity contribution < 1.29 is 75.1 Å². The van der Waals surface area contributed by atoms with Crippen molar-refractivity contribution in [2.45, 2.75) is 121 Å². The van der Waals surface area contributed by atoms with Gasteiger partial charge in [0.15, 0.2) is 11.2 Å². The van der Waals surface area contributed by atoms with E-state index in [0.717, 1.165) is 6.42 Å². The first-order chi connectivity index (χ1) is 26.1. The number of carbonyl (C=O) groups is 2. The van der Waals surface area contributed by atoms with Crippen LogP contribution in [-0.2, 0) is 48.0 Å². The Labute approximate surface area is 314 Å². The highest BCUT2D eigenvalue weighted by molar-refractivity contribution is 6.03. The topological polar surface area (TPSA) is 126 Å². The molecule has 12 nitrogen and oxygen atoms in total. The van der Waals surface area contributed by atoms with Crippen LogP contribution in [0.1, 0.15) is 99.8 Å². The van der Waals surface area contributed by atoms with E-state index in [1.54, 1.807) is 13.8 Å². The SMILES string of the molecule is C[C@@H]1CC[C@H]2C(COC(=O)c3ccccc3C(=O)OCC3=C(C(F)(F)F)O[C@@H]4O[C@]5(C)CCC6[C@H](C)CC[C@@H]3[C@]64OO5)=C(F)O[C@@H]3O[C@]4(C)CCC1[C@]32OO4. The third kappa shape index (κ3) is 5.67. The third-order valence-corrected chi connectivity index (χ3v) is 13.6. The van der Waals surface area contributed by atoms with Gasteiger partial charge in [0, 0.05) is 47.7 Å². The molecular weight excluding hydrogens is 736 g/mol. The van der Waals surface area contributed by atoms with Crippen LogP contribution in [0.2, 0.25) is 0 Å². The van der Waals surface area contributed by atoms with Crippen molar-refractivity contribution in [3.8, 4) is 0 Å². The fourth-order valence-corrected chi connectivity index (χ4v) is 10.8. The minimum atomic E-state index is -4.94. The van der Waals surface area contributed by atoms with E-state index >= 15 is 4.39 Å². The highest BCUT2D eigenvalue weighted by Crippen LogP contribution is 2.62. The zero-order valence-corrected chi connectivity index (χ0v) is 30.9. The standard InChI is InChI=1S/C39H44F4O12/c1-19-9-11-27-23(29(39(41,42)43)48-33-37(27)25(19)13-15-35(3,50-33)52-54-37)17-46-31(44)21-7-5-6-8-22(21)32(45)47-18-24-28-12-10-20(2)26-14-16-36(4)51-34(49-30(24)40)38(26,28)55-53-36/h5-8,19-20,25-28,33-34H,9-18H2,1-4H3/t19-,20-,25?,26?,27+,28+,33-,34-,35+,36+,37-,38-/m1/s1. The van der Waals surface area contributed by atoms with Gasteiger partial charge in [-0.1, -0.05) is 26.0 Å². The fraction of sp³-hybridized carbons (Fsp3) is 0.692. The summed E-state index contributed by atoms with van der Waals surface area (Å²) in [6.45, 7) is 6.11. The molecule has 0 radical (unpaired) electrons. The van der Waals surface area contributed by atoms with Gasteiger partial charge in [-0.15, -0.1) is 0 Å². The number of rotatable bonds is 6. The Kier molecular flexibility index (Phi) is 8.73. The van der Waals surface area contributed by atoms with Crippen molar-refractivity contribution in [1.82, 2.24) is 0 Å². The summed E-state index contributed by atoms with van der Waals surface area (Å²) in [6.07, 6.45) is -3.10. The number of allylic oxidation sites excluding steroid dienone is 1. The van der Waals surface area contributed by atoms with Gasteiger partial charge in [0.1, 0.15) is 13.2 Å². The smallest absolute Gasteiger partial charge is 0.449 e. The lowest BCUT2D eigenvalue weighted by Crippen LogP contribution is -2.67. The van der Waals surface area contributed by atoms with E-state index in [2.05, 4.69) is 6.92 Å². The first-order valence-corrected chi connectivity index (χ1v) is 19.1. The molecule has 10 aliphatic rings. The molecule has 2 unspecified atom stereocenters. The number of hydrogen-bond donors (Lipinski definition) is 0. The van der Waals surface area contributed by atoms with E-state index in [0.29, 0.717) is 38.5 Å². The van der Waals surface area contributed by atoms with E-state index < -0.39 is 90.3 Å². The van der Waals surface area contributed by atoms with Gasteiger partial charge in [-0.3, -0.25) is 0 Å². The molecule has 8 fully saturated rings. The number of ether oxygens (including phenoxy) is 6. The van der Waals surface area contributed by atoms with Gasteiger partial charge in [-0.25, -0.2) is 29.1 Å². The minimum absolute atomic E-state index is 0.0672. The zero-order valence-electron chi connectivity index (χ0n) is 30.9. The molecule has 12 atom stereocenters. The quantitative estimate of drug-likeness (QED) is 0.161. The largest absolute Gasteiger partial charge is 0.457 e. The molecule has 8 heterocycles. The molecular formula is C39H44F4O12. The predicted octanol–water partition coefficient (Wildman–Crippen LogP) is 7.49. The molecule has 1 aromatic carbocycles. The fourth-order valence-electron chi connectivity index (χ4n) is 10.8. The van der Waals surface area contributed by atoms with Crippen LogP contribution in [0.4, 0.5) is 17.6 Å². The molecule has 2 saturated carbocycles. The molecule has 4 bridgehead atoms. The van der Waals surface area contributed by atoms with Gasteiger partial charge in [0.25, 0.3) is 6.01 Å². The molecule has 2 spiro atoms. The number of halogens is 4. The normalized spacial score (nSPS) is 43.0. The van der Waals surface area contributed by atoms with Crippen LogP contribution >= 0.6 is 0 Å². The Balaban J connectivity index is 0.950. The molecule has 11 rings (SSSR count). The van der Waals surface area contributed by atoms with Crippen LogP contribution < -0.4 is 0 Å². The lowest BCUT2D eigenvalue weighted by Gasteiger charge is -2.57. The van der Waals surface area contributed by atoms with E-state index in [4.69, 9.17) is 48.0 Å². The molecule has 300 valence electrons. The highest BCUT2D eigenvalue weighted by atomic mass is 19.4. The Morgan fingerprint density at radius 3 is 1.69 bits per heavy atom. The maximum Gasteiger partial charge on any atom is 0.449 e.